The normalized spacial score (nSPS) is 12.7. The van der Waals surface area contributed by atoms with Crippen molar-refractivity contribution in [2.24, 2.45) is 0 Å². The van der Waals surface area contributed by atoms with Crippen LogP contribution in [0, 0.1) is 0 Å². The molecule has 1 aromatic carbocycles. The van der Waals surface area contributed by atoms with Crippen LogP contribution >= 0.6 is 0 Å². The van der Waals surface area contributed by atoms with Crippen LogP contribution in [0.2, 0.25) is 0 Å². The first-order chi connectivity index (χ1) is 8.32. The van der Waals surface area contributed by atoms with Crippen LogP contribution in [-0.4, -0.2) is 35.8 Å². The topological polar surface area (TPSA) is 86.0 Å². The second-order valence-corrected chi connectivity index (χ2v) is 6.40. The van der Waals surface area contributed by atoms with E-state index in [0.717, 1.165) is 0 Å². The molecule has 1 aromatic heterocycles. The Morgan fingerprint density at radius 3 is 2.39 bits per heavy atom. The van der Waals surface area contributed by atoms with E-state index in [0.29, 0.717) is 11.0 Å². The fourth-order valence-corrected chi connectivity index (χ4v) is 3.01. The van der Waals surface area contributed by atoms with E-state index in [-0.39, 0.29) is 16.6 Å². The highest BCUT2D eigenvalue weighted by molar-refractivity contribution is 7.89. The molecule has 0 amide bonds. The number of aromatic amines is 2. The molecule has 0 fully saturated rings. The minimum Gasteiger partial charge on any atom is -0.306 e. The molecule has 6 nitrogen and oxygen atoms in total. The highest BCUT2D eigenvalue weighted by Gasteiger charge is 2.23. The van der Waals surface area contributed by atoms with Crippen LogP contribution in [0.15, 0.2) is 27.9 Å². The van der Waals surface area contributed by atoms with Crippen LogP contribution < -0.4 is 5.69 Å². The second kappa shape index (κ2) is 4.25. The number of hydrogen-bond acceptors (Lipinski definition) is 3. The van der Waals surface area contributed by atoms with Crippen LogP contribution in [0.4, 0.5) is 0 Å². The molecule has 0 saturated heterocycles. The number of fused-ring (bicyclic) bond motifs is 1. The van der Waals surface area contributed by atoms with Crippen molar-refractivity contribution < 1.29 is 8.42 Å². The number of rotatable bonds is 3. The van der Waals surface area contributed by atoms with E-state index >= 15 is 0 Å². The SMILES string of the molecule is CC(C)N(C)S(=O)(=O)c1ccc2[nH]c(=O)[nH]c2c1. The van der Waals surface area contributed by atoms with Gasteiger partial charge in [0.05, 0.1) is 15.9 Å². The molecule has 98 valence electrons. The summed E-state index contributed by atoms with van der Waals surface area (Å²) in [6.07, 6.45) is 0. The first-order valence-electron chi connectivity index (χ1n) is 5.52. The molecule has 7 heteroatoms. The molecular formula is C11H15N3O3S. The number of hydrogen-bond donors (Lipinski definition) is 2. The van der Waals surface area contributed by atoms with Crippen molar-refractivity contribution in [2.75, 3.05) is 7.05 Å². The molecule has 0 aliphatic rings. The van der Waals surface area contributed by atoms with Crippen molar-refractivity contribution >= 4 is 21.1 Å². The van der Waals surface area contributed by atoms with E-state index in [1.165, 1.54) is 23.5 Å². The quantitative estimate of drug-likeness (QED) is 0.867. The minimum absolute atomic E-state index is 0.129. The minimum atomic E-state index is -3.52. The van der Waals surface area contributed by atoms with E-state index in [1.54, 1.807) is 19.9 Å². The van der Waals surface area contributed by atoms with Gasteiger partial charge in [0.2, 0.25) is 10.0 Å². The number of imidazole rings is 1. The fourth-order valence-electron chi connectivity index (χ4n) is 1.62. The smallest absolute Gasteiger partial charge is 0.306 e. The predicted octanol–water partition coefficient (Wildman–Crippen LogP) is 0.885. The Kier molecular flexibility index (Phi) is 3.04. The van der Waals surface area contributed by atoms with Gasteiger partial charge in [-0.3, -0.25) is 0 Å². The summed E-state index contributed by atoms with van der Waals surface area (Å²) in [6.45, 7) is 3.60. The molecule has 2 rings (SSSR count). The van der Waals surface area contributed by atoms with Crippen LogP contribution in [0.3, 0.4) is 0 Å². The van der Waals surface area contributed by atoms with Crippen molar-refractivity contribution in [3.05, 3.63) is 28.7 Å². The maximum Gasteiger partial charge on any atom is 0.323 e. The highest BCUT2D eigenvalue weighted by atomic mass is 32.2. The molecule has 0 saturated carbocycles. The summed E-state index contributed by atoms with van der Waals surface area (Å²) in [7, 11) is -1.99. The van der Waals surface area contributed by atoms with E-state index in [9.17, 15) is 13.2 Å². The van der Waals surface area contributed by atoms with Gasteiger partial charge in [-0.05, 0) is 32.0 Å². The molecule has 0 bridgehead atoms. The molecule has 0 aliphatic carbocycles. The zero-order valence-corrected chi connectivity index (χ0v) is 11.2. The van der Waals surface area contributed by atoms with Gasteiger partial charge in [0.25, 0.3) is 0 Å². The molecule has 0 atom stereocenters. The molecule has 18 heavy (non-hydrogen) atoms. The standard InChI is InChI=1S/C11H15N3O3S/c1-7(2)14(3)18(16,17)8-4-5-9-10(6-8)13-11(15)12-9/h4-7H,1-3H3,(H2,12,13,15). The number of benzene rings is 1. The summed E-state index contributed by atoms with van der Waals surface area (Å²) >= 11 is 0. The zero-order valence-electron chi connectivity index (χ0n) is 10.4. The average molecular weight is 269 g/mol. The van der Waals surface area contributed by atoms with Gasteiger partial charge in [-0.1, -0.05) is 0 Å². The summed E-state index contributed by atoms with van der Waals surface area (Å²) in [6, 6.07) is 4.40. The number of sulfonamides is 1. The Hall–Kier alpha value is -1.60. The number of H-pyrrole nitrogens is 2. The Morgan fingerprint density at radius 2 is 1.78 bits per heavy atom. The van der Waals surface area contributed by atoms with Crippen molar-refractivity contribution in [1.29, 1.82) is 0 Å². The van der Waals surface area contributed by atoms with Crippen molar-refractivity contribution in [1.82, 2.24) is 14.3 Å². The largest absolute Gasteiger partial charge is 0.323 e. The Bertz CT molecular complexity index is 727. The van der Waals surface area contributed by atoms with Gasteiger partial charge in [-0.15, -0.1) is 0 Å². The third-order valence-corrected chi connectivity index (χ3v) is 4.92. The van der Waals surface area contributed by atoms with E-state index < -0.39 is 10.0 Å². The third-order valence-electron chi connectivity index (χ3n) is 2.89. The van der Waals surface area contributed by atoms with E-state index in [1.807, 2.05) is 0 Å². The fraction of sp³-hybridized carbons (Fsp3) is 0.364. The second-order valence-electron chi connectivity index (χ2n) is 4.40. The number of aromatic nitrogens is 2. The summed E-state index contributed by atoms with van der Waals surface area (Å²) in [5.41, 5.74) is 0.723. The molecular weight excluding hydrogens is 254 g/mol. The van der Waals surface area contributed by atoms with Crippen molar-refractivity contribution in [3.8, 4) is 0 Å². The van der Waals surface area contributed by atoms with Crippen molar-refractivity contribution in [2.45, 2.75) is 24.8 Å². The number of nitrogens with zero attached hydrogens (tertiary/aromatic N) is 1. The van der Waals surface area contributed by atoms with Gasteiger partial charge in [0, 0.05) is 13.1 Å². The molecule has 2 N–H and O–H groups in total. The lowest BCUT2D eigenvalue weighted by atomic mass is 10.3. The molecule has 0 radical (unpaired) electrons. The molecule has 1 heterocycles. The van der Waals surface area contributed by atoms with Crippen molar-refractivity contribution in [3.63, 3.8) is 0 Å². The maximum absolute atomic E-state index is 12.2. The summed E-state index contributed by atoms with van der Waals surface area (Å²) in [5.74, 6) is 0. The van der Waals surface area contributed by atoms with Crippen LogP contribution in [-0.2, 0) is 10.0 Å². The first-order valence-corrected chi connectivity index (χ1v) is 6.96. The first kappa shape index (κ1) is 12.8. The van der Waals surface area contributed by atoms with Gasteiger partial charge in [0.15, 0.2) is 0 Å². The lowest BCUT2D eigenvalue weighted by Crippen LogP contribution is -2.33. The van der Waals surface area contributed by atoms with Crippen LogP contribution in [0.5, 0.6) is 0 Å². The van der Waals surface area contributed by atoms with E-state index in [2.05, 4.69) is 9.97 Å². The Labute approximate surface area is 105 Å². The van der Waals surface area contributed by atoms with Gasteiger partial charge in [0.1, 0.15) is 0 Å². The average Bonchev–Trinajstić information content (AvgIpc) is 2.66. The molecule has 2 aromatic rings. The molecule has 0 unspecified atom stereocenters. The summed E-state index contributed by atoms with van der Waals surface area (Å²) in [4.78, 5) is 16.4. The monoisotopic (exact) mass is 269 g/mol. The molecule has 0 spiro atoms. The number of nitrogens with one attached hydrogen (secondary N) is 2. The van der Waals surface area contributed by atoms with Gasteiger partial charge in [-0.25, -0.2) is 13.2 Å². The lowest BCUT2D eigenvalue weighted by molar-refractivity contribution is 0.410. The maximum atomic E-state index is 12.2. The van der Waals surface area contributed by atoms with Crippen LogP contribution in [0.1, 0.15) is 13.8 Å². The predicted molar refractivity (Wildman–Crippen MR) is 69.0 cm³/mol. The zero-order chi connectivity index (χ0) is 13.5. The molecule has 0 aliphatic heterocycles. The third kappa shape index (κ3) is 2.06. The summed E-state index contributed by atoms with van der Waals surface area (Å²) in [5, 5.41) is 0. The Morgan fingerprint density at radius 1 is 1.17 bits per heavy atom. The van der Waals surface area contributed by atoms with Gasteiger partial charge >= 0.3 is 5.69 Å². The van der Waals surface area contributed by atoms with Crippen LogP contribution in [0.25, 0.3) is 11.0 Å². The summed E-state index contributed by atoms with van der Waals surface area (Å²) < 4.78 is 25.8. The Balaban J connectivity index is 2.57. The van der Waals surface area contributed by atoms with Gasteiger partial charge in [-0.2, -0.15) is 4.31 Å². The lowest BCUT2D eigenvalue weighted by Gasteiger charge is -2.20. The highest BCUT2D eigenvalue weighted by Crippen LogP contribution is 2.19. The van der Waals surface area contributed by atoms with E-state index in [4.69, 9.17) is 0 Å². The van der Waals surface area contributed by atoms with Gasteiger partial charge < -0.3 is 9.97 Å².